The van der Waals surface area contributed by atoms with Crippen LogP contribution in [0.2, 0.25) is 0 Å². The predicted octanol–water partition coefficient (Wildman–Crippen LogP) is 2.75. The molecule has 0 radical (unpaired) electrons. The van der Waals surface area contributed by atoms with Crippen LogP contribution in [-0.2, 0) is 25.5 Å². The molecule has 28 heavy (non-hydrogen) atoms. The average Bonchev–Trinajstić information content (AvgIpc) is 2.65. The van der Waals surface area contributed by atoms with Crippen LogP contribution in [0.25, 0.3) is 5.57 Å². The largest absolute Gasteiger partial charge is 0.503 e. The molecule has 1 aromatic carbocycles. The number of ketones is 1. The number of esters is 1. The average molecular weight is 396 g/mol. The smallest absolute Gasteiger partial charge is 0.431 e. The number of benzene rings is 1. The fourth-order valence-corrected chi connectivity index (χ4v) is 2.64. The van der Waals surface area contributed by atoms with Crippen molar-refractivity contribution in [1.29, 1.82) is 0 Å². The van der Waals surface area contributed by atoms with Crippen LogP contribution in [0.5, 0.6) is 0 Å². The van der Waals surface area contributed by atoms with E-state index in [0.29, 0.717) is 11.1 Å². The topological polar surface area (TPSA) is 68.2 Å². The molecule has 0 saturated heterocycles. The van der Waals surface area contributed by atoms with Gasteiger partial charge in [-0.15, -0.1) is 0 Å². The van der Waals surface area contributed by atoms with Gasteiger partial charge in [0.25, 0.3) is 0 Å². The zero-order chi connectivity index (χ0) is 20.9. The van der Waals surface area contributed by atoms with E-state index in [2.05, 4.69) is 4.99 Å². The Morgan fingerprint density at radius 3 is 2.54 bits per heavy atom. The number of allylic oxidation sites excluding steroid dienone is 1. The number of ether oxygens (including phenoxy) is 2. The number of Topliss-reactive ketones (excluding diaryl/α,β-unsaturated/α-hetero) is 1. The quantitative estimate of drug-likeness (QED) is 0.420. The van der Waals surface area contributed by atoms with Crippen molar-refractivity contribution in [1.82, 2.24) is 4.90 Å². The van der Waals surface area contributed by atoms with E-state index >= 15 is 0 Å². The molecule has 0 spiro atoms. The number of halogens is 3. The van der Waals surface area contributed by atoms with Crippen molar-refractivity contribution in [3.63, 3.8) is 0 Å². The Morgan fingerprint density at radius 1 is 1.25 bits per heavy atom. The lowest BCUT2D eigenvalue weighted by molar-refractivity contribution is -0.133. The van der Waals surface area contributed by atoms with E-state index in [-0.39, 0.29) is 17.7 Å². The Bertz CT molecular complexity index is 857. The third-order valence-electron chi connectivity index (χ3n) is 3.91. The molecule has 9 heteroatoms. The molecular formula is C19H19F3N2O4. The molecule has 1 heterocycles. The zero-order valence-electron chi connectivity index (χ0n) is 15.5. The minimum atomic E-state index is -4.62. The van der Waals surface area contributed by atoms with Crippen molar-refractivity contribution in [3.8, 4) is 0 Å². The van der Waals surface area contributed by atoms with Crippen LogP contribution in [0.3, 0.4) is 0 Å². The molecule has 0 unspecified atom stereocenters. The minimum absolute atomic E-state index is 0.0858. The summed E-state index contributed by atoms with van der Waals surface area (Å²) >= 11 is 0. The molecular weight excluding hydrogens is 377 g/mol. The first kappa shape index (κ1) is 21.2. The molecule has 0 N–H and O–H groups in total. The summed E-state index contributed by atoms with van der Waals surface area (Å²) in [5, 5.41) is 0. The number of carbonyl (C=O) groups excluding carboxylic acids is 2. The van der Waals surface area contributed by atoms with Crippen molar-refractivity contribution in [2.45, 2.75) is 12.6 Å². The van der Waals surface area contributed by atoms with Crippen LogP contribution < -0.4 is 0 Å². The van der Waals surface area contributed by atoms with Gasteiger partial charge < -0.3 is 14.4 Å². The number of rotatable bonds is 6. The Kier molecular flexibility index (Phi) is 6.61. The molecule has 0 fully saturated rings. The molecule has 0 atom stereocenters. The number of hydrogen-bond donors (Lipinski definition) is 0. The van der Waals surface area contributed by atoms with Crippen molar-refractivity contribution < 1.29 is 32.2 Å². The lowest BCUT2D eigenvalue weighted by Gasteiger charge is -2.23. The molecule has 6 nitrogen and oxygen atoms in total. The molecule has 1 aliphatic heterocycles. The van der Waals surface area contributed by atoms with E-state index in [9.17, 15) is 22.8 Å². The lowest BCUT2D eigenvalue weighted by atomic mass is 9.96. The van der Waals surface area contributed by atoms with E-state index in [0.717, 1.165) is 0 Å². The molecule has 1 aromatic rings. The highest BCUT2D eigenvalue weighted by Gasteiger charge is 2.38. The zero-order valence-corrected chi connectivity index (χ0v) is 15.5. The highest BCUT2D eigenvalue weighted by atomic mass is 19.4. The van der Waals surface area contributed by atoms with Crippen LogP contribution in [0.4, 0.5) is 13.2 Å². The number of aliphatic imine (C=N–C) groups is 1. The molecule has 0 aliphatic carbocycles. The van der Waals surface area contributed by atoms with Gasteiger partial charge in [0.15, 0.2) is 5.78 Å². The predicted molar refractivity (Wildman–Crippen MR) is 96.4 cm³/mol. The van der Waals surface area contributed by atoms with Gasteiger partial charge in [0.05, 0.1) is 27.0 Å². The molecule has 1 aliphatic rings. The summed E-state index contributed by atoms with van der Waals surface area (Å²) in [6.07, 6.45) is -2.41. The highest BCUT2D eigenvalue weighted by Crippen LogP contribution is 2.25. The van der Waals surface area contributed by atoms with E-state index in [1.807, 2.05) is 0 Å². The Balaban J connectivity index is 2.36. The monoisotopic (exact) mass is 396 g/mol. The summed E-state index contributed by atoms with van der Waals surface area (Å²) in [5.41, 5.74) is -0.439. The van der Waals surface area contributed by atoms with E-state index in [1.54, 1.807) is 24.3 Å². The number of carbonyl (C=O) groups is 2. The SMILES string of the molecule is COC=C(C(=O)OC)c1ccccc1CC(=O)C1=CN(C)CC(C(F)(F)F)=N1. The van der Waals surface area contributed by atoms with Crippen LogP contribution in [-0.4, -0.2) is 56.4 Å². The van der Waals surface area contributed by atoms with Gasteiger partial charge in [-0.2, -0.15) is 13.2 Å². The highest BCUT2D eigenvalue weighted by molar-refractivity contribution is 6.17. The fourth-order valence-electron chi connectivity index (χ4n) is 2.64. The maximum Gasteiger partial charge on any atom is 0.431 e. The number of nitrogens with zero attached hydrogens (tertiary/aromatic N) is 2. The molecule has 0 amide bonds. The standard InChI is InChI=1S/C19H19F3N2O4/c1-24-9-15(23-17(10-24)19(20,21)22)16(25)8-12-6-4-5-7-13(12)14(11-27-2)18(26)28-3/h4-7,9,11H,8,10H2,1-3H3. The summed E-state index contributed by atoms with van der Waals surface area (Å²) in [6.45, 7) is -0.431. The molecule has 150 valence electrons. The van der Waals surface area contributed by atoms with Crippen LogP contribution >= 0.6 is 0 Å². The maximum absolute atomic E-state index is 13.0. The van der Waals surface area contributed by atoms with E-state index in [4.69, 9.17) is 9.47 Å². The summed E-state index contributed by atoms with van der Waals surface area (Å²) < 4.78 is 48.6. The second-order valence-electron chi connectivity index (χ2n) is 6.00. The van der Waals surface area contributed by atoms with Gasteiger partial charge in [-0.3, -0.25) is 4.79 Å². The number of methoxy groups -OCH3 is 2. The van der Waals surface area contributed by atoms with Gasteiger partial charge in [-0.05, 0) is 11.1 Å². The maximum atomic E-state index is 13.0. The first-order valence-electron chi connectivity index (χ1n) is 8.17. The molecule has 0 saturated carbocycles. The van der Waals surface area contributed by atoms with Gasteiger partial charge in [-0.25, -0.2) is 9.79 Å². The second-order valence-corrected chi connectivity index (χ2v) is 6.00. The van der Waals surface area contributed by atoms with Crippen LogP contribution in [0.1, 0.15) is 11.1 Å². The van der Waals surface area contributed by atoms with Crippen molar-refractivity contribution in [2.24, 2.45) is 4.99 Å². The van der Waals surface area contributed by atoms with Gasteiger partial charge in [0.1, 0.15) is 17.0 Å². The summed E-state index contributed by atoms with van der Waals surface area (Å²) in [4.78, 5) is 29.4. The van der Waals surface area contributed by atoms with E-state index in [1.165, 1.54) is 38.6 Å². The summed E-state index contributed by atoms with van der Waals surface area (Å²) in [5.74, 6) is -1.28. The van der Waals surface area contributed by atoms with Gasteiger partial charge >= 0.3 is 12.1 Å². The summed E-state index contributed by atoms with van der Waals surface area (Å²) in [7, 11) is 3.99. The van der Waals surface area contributed by atoms with Crippen molar-refractivity contribution in [3.05, 3.63) is 53.6 Å². The Labute approximate surface area is 159 Å². The normalized spacial score (nSPS) is 14.9. The van der Waals surface area contributed by atoms with Crippen molar-refractivity contribution in [2.75, 3.05) is 27.8 Å². The number of alkyl halides is 3. The van der Waals surface area contributed by atoms with Gasteiger partial charge in [0.2, 0.25) is 0 Å². The Hall–Kier alpha value is -3.10. The third kappa shape index (κ3) is 4.99. The van der Waals surface area contributed by atoms with Crippen LogP contribution in [0, 0.1) is 0 Å². The summed E-state index contributed by atoms with van der Waals surface area (Å²) in [6, 6.07) is 6.50. The van der Waals surface area contributed by atoms with Crippen LogP contribution in [0.15, 0.2) is 47.4 Å². The fraction of sp³-hybridized carbons (Fsp3) is 0.316. The van der Waals surface area contributed by atoms with E-state index < -0.39 is 30.2 Å². The molecule has 2 rings (SSSR count). The van der Waals surface area contributed by atoms with Gasteiger partial charge in [0, 0.05) is 19.7 Å². The van der Waals surface area contributed by atoms with Crippen molar-refractivity contribution >= 4 is 23.0 Å². The van der Waals surface area contributed by atoms with Gasteiger partial charge in [-0.1, -0.05) is 24.3 Å². The third-order valence-corrected chi connectivity index (χ3v) is 3.91. The lowest BCUT2D eigenvalue weighted by Crippen LogP contribution is -2.36. The first-order chi connectivity index (χ1) is 13.2. The molecule has 0 bridgehead atoms. The molecule has 0 aromatic heterocycles. The minimum Gasteiger partial charge on any atom is -0.503 e. The second kappa shape index (κ2) is 8.73. The first-order valence-corrected chi connectivity index (χ1v) is 8.17. The number of hydrogen-bond acceptors (Lipinski definition) is 6. The Morgan fingerprint density at radius 2 is 1.93 bits per heavy atom.